The summed E-state index contributed by atoms with van der Waals surface area (Å²) in [6.07, 6.45) is 1.84. The average Bonchev–Trinajstić information content (AvgIpc) is 2.99. The molecule has 6 nitrogen and oxygen atoms in total. The summed E-state index contributed by atoms with van der Waals surface area (Å²) in [6.45, 7) is 1.78. The van der Waals surface area contributed by atoms with Gasteiger partial charge < -0.3 is 0 Å². The minimum absolute atomic E-state index is 0.0995. The first-order valence-electron chi connectivity index (χ1n) is 8.97. The van der Waals surface area contributed by atoms with Gasteiger partial charge in [-0.1, -0.05) is 66.7 Å². The fourth-order valence-electron chi connectivity index (χ4n) is 3.52. The summed E-state index contributed by atoms with van der Waals surface area (Å²) in [4.78, 5) is 12.6. The van der Waals surface area contributed by atoms with Crippen LogP contribution in [0.5, 0.6) is 0 Å². The molecule has 0 fully saturated rings. The summed E-state index contributed by atoms with van der Waals surface area (Å²) in [7, 11) is -4.52. The van der Waals surface area contributed by atoms with E-state index in [9.17, 15) is 17.8 Å². The molecule has 3 aromatic rings. The van der Waals surface area contributed by atoms with Crippen LogP contribution in [0.2, 0.25) is 0 Å². The summed E-state index contributed by atoms with van der Waals surface area (Å²) in [5.74, 6) is -0.593. The SMILES string of the molecule is CC1=CC(c2ccccc2)C(=O)/C1=N/Nc1ccc2ccccc2c1S(=O)(=O)O. The van der Waals surface area contributed by atoms with Gasteiger partial charge in [0, 0.05) is 5.39 Å². The van der Waals surface area contributed by atoms with Gasteiger partial charge in [0.2, 0.25) is 0 Å². The molecule has 0 aromatic heterocycles. The van der Waals surface area contributed by atoms with Crippen LogP contribution in [0.15, 0.2) is 88.4 Å². The van der Waals surface area contributed by atoms with E-state index in [1.54, 1.807) is 37.3 Å². The molecule has 3 aromatic carbocycles. The van der Waals surface area contributed by atoms with Gasteiger partial charge in [0.15, 0.2) is 5.78 Å². The number of hydrogen-bond donors (Lipinski definition) is 2. The van der Waals surface area contributed by atoms with Crippen molar-refractivity contribution < 1.29 is 17.8 Å². The lowest BCUT2D eigenvalue weighted by molar-refractivity contribution is -0.113. The van der Waals surface area contributed by atoms with Gasteiger partial charge in [-0.15, -0.1) is 0 Å². The van der Waals surface area contributed by atoms with Crippen molar-refractivity contribution in [2.75, 3.05) is 5.43 Å². The van der Waals surface area contributed by atoms with Crippen LogP contribution in [-0.4, -0.2) is 24.5 Å². The molecule has 0 spiro atoms. The van der Waals surface area contributed by atoms with E-state index in [0.29, 0.717) is 16.3 Å². The molecule has 7 heteroatoms. The van der Waals surface area contributed by atoms with Crippen LogP contribution < -0.4 is 5.43 Å². The average molecular weight is 406 g/mol. The Morgan fingerprint density at radius 2 is 1.66 bits per heavy atom. The molecule has 1 aliphatic rings. The van der Waals surface area contributed by atoms with Gasteiger partial charge >= 0.3 is 0 Å². The van der Waals surface area contributed by atoms with Crippen LogP contribution in [0.25, 0.3) is 10.8 Å². The number of allylic oxidation sites excluding steroid dienone is 2. The maximum absolute atomic E-state index is 12.8. The minimum atomic E-state index is -4.52. The van der Waals surface area contributed by atoms with Gasteiger partial charge in [-0.3, -0.25) is 14.8 Å². The number of rotatable bonds is 4. The van der Waals surface area contributed by atoms with Gasteiger partial charge in [0.1, 0.15) is 10.6 Å². The fourth-order valence-corrected chi connectivity index (χ4v) is 4.38. The van der Waals surface area contributed by atoms with Crippen molar-refractivity contribution in [3.05, 3.63) is 83.9 Å². The maximum atomic E-state index is 12.8. The quantitative estimate of drug-likeness (QED) is 0.501. The van der Waals surface area contributed by atoms with Crippen molar-refractivity contribution in [2.45, 2.75) is 17.7 Å². The van der Waals surface area contributed by atoms with Gasteiger partial charge in [-0.25, -0.2) is 0 Å². The summed E-state index contributed by atoms with van der Waals surface area (Å²) in [5, 5.41) is 5.22. The predicted molar refractivity (Wildman–Crippen MR) is 113 cm³/mol. The second-order valence-corrected chi connectivity index (χ2v) is 8.17. The Bertz CT molecular complexity index is 1280. The van der Waals surface area contributed by atoms with Crippen molar-refractivity contribution in [2.24, 2.45) is 5.10 Å². The summed E-state index contributed by atoms with van der Waals surface area (Å²) in [6, 6.07) is 19.4. The highest BCUT2D eigenvalue weighted by molar-refractivity contribution is 7.86. The highest BCUT2D eigenvalue weighted by Gasteiger charge is 2.31. The zero-order valence-electron chi connectivity index (χ0n) is 15.5. The molecule has 0 amide bonds. The number of carbonyl (C=O) groups excluding carboxylic acids is 1. The highest BCUT2D eigenvalue weighted by atomic mass is 32.2. The van der Waals surface area contributed by atoms with E-state index < -0.39 is 16.0 Å². The normalized spacial score (nSPS) is 18.3. The van der Waals surface area contributed by atoms with Crippen molar-refractivity contribution in [1.29, 1.82) is 0 Å². The second kappa shape index (κ2) is 7.27. The van der Waals surface area contributed by atoms with Crippen molar-refractivity contribution in [1.82, 2.24) is 0 Å². The van der Waals surface area contributed by atoms with Crippen molar-refractivity contribution in [3.63, 3.8) is 0 Å². The van der Waals surface area contributed by atoms with Crippen LogP contribution in [0, 0.1) is 0 Å². The molecule has 146 valence electrons. The molecule has 0 heterocycles. The van der Waals surface area contributed by atoms with Crippen molar-refractivity contribution >= 4 is 38.1 Å². The zero-order valence-corrected chi connectivity index (χ0v) is 16.3. The number of carbonyl (C=O) groups is 1. The number of fused-ring (bicyclic) bond motifs is 1. The van der Waals surface area contributed by atoms with E-state index >= 15 is 0 Å². The Kier molecular flexibility index (Phi) is 4.77. The Morgan fingerprint density at radius 3 is 2.38 bits per heavy atom. The monoisotopic (exact) mass is 406 g/mol. The Labute approximate surface area is 168 Å². The minimum Gasteiger partial charge on any atom is -0.291 e. The third kappa shape index (κ3) is 3.57. The van der Waals surface area contributed by atoms with Crippen LogP contribution >= 0.6 is 0 Å². The molecule has 0 saturated carbocycles. The lowest BCUT2D eigenvalue weighted by Gasteiger charge is -2.11. The van der Waals surface area contributed by atoms with E-state index in [2.05, 4.69) is 10.5 Å². The van der Waals surface area contributed by atoms with E-state index in [1.165, 1.54) is 6.07 Å². The Balaban J connectivity index is 1.72. The highest BCUT2D eigenvalue weighted by Crippen LogP contribution is 2.32. The molecular weight excluding hydrogens is 388 g/mol. The summed E-state index contributed by atoms with van der Waals surface area (Å²) in [5.41, 5.74) is 4.57. The van der Waals surface area contributed by atoms with Crippen LogP contribution in [0.1, 0.15) is 18.4 Å². The third-order valence-electron chi connectivity index (χ3n) is 4.89. The summed E-state index contributed by atoms with van der Waals surface area (Å²) >= 11 is 0. The largest absolute Gasteiger partial charge is 0.297 e. The van der Waals surface area contributed by atoms with Crippen LogP contribution in [0.3, 0.4) is 0 Å². The van der Waals surface area contributed by atoms with Crippen molar-refractivity contribution in [3.8, 4) is 0 Å². The zero-order chi connectivity index (χ0) is 20.6. The van der Waals surface area contributed by atoms with Crippen LogP contribution in [0.4, 0.5) is 5.69 Å². The molecule has 1 atom stereocenters. The third-order valence-corrected chi connectivity index (χ3v) is 5.85. The first kappa shape index (κ1) is 19.0. The number of ketones is 1. The molecular formula is C22H18N2O4S. The lowest BCUT2D eigenvalue weighted by Crippen LogP contribution is -2.17. The smallest absolute Gasteiger partial charge is 0.291 e. The van der Waals surface area contributed by atoms with Gasteiger partial charge in [-0.2, -0.15) is 13.5 Å². The van der Waals surface area contributed by atoms with Gasteiger partial charge in [0.25, 0.3) is 10.1 Å². The van der Waals surface area contributed by atoms with E-state index in [0.717, 1.165) is 5.56 Å². The molecule has 4 rings (SSSR count). The fraction of sp³-hybridized carbons (Fsp3) is 0.0909. The number of anilines is 1. The Morgan fingerprint density at radius 1 is 0.966 bits per heavy atom. The first-order valence-corrected chi connectivity index (χ1v) is 10.4. The first-order chi connectivity index (χ1) is 13.9. The molecule has 0 radical (unpaired) electrons. The number of hydrazone groups is 1. The topological polar surface area (TPSA) is 95.8 Å². The number of nitrogens with zero attached hydrogens (tertiary/aromatic N) is 1. The predicted octanol–water partition coefficient (Wildman–Crippen LogP) is 4.17. The molecule has 1 aliphatic carbocycles. The standard InChI is InChI=1S/C22H18N2O4S/c1-14-13-18(15-7-3-2-4-8-15)21(25)20(14)24-23-19-12-11-16-9-5-6-10-17(16)22(19)29(26,27)28/h2-13,18,23H,1H3,(H,26,27,28)/b24-20+. The number of Topliss-reactive ketones (excluding diaryl/α,β-unsaturated/α-hetero) is 1. The molecule has 0 bridgehead atoms. The number of hydrogen-bond acceptors (Lipinski definition) is 5. The second-order valence-electron chi connectivity index (χ2n) is 6.81. The lowest BCUT2D eigenvalue weighted by atomic mass is 9.97. The Hall–Kier alpha value is -3.29. The van der Waals surface area contributed by atoms with Gasteiger partial charge in [0.05, 0.1) is 11.6 Å². The van der Waals surface area contributed by atoms with Crippen LogP contribution in [-0.2, 0) is 14.9 Å². The molecule has 0 aliphatic heterocycles. The molecule has 0 saturated heterocycles. The van der Waals surface area contributed by atoms with E-state index in [4.69, 9.17) is 0 Å². The number of nitrogens with one attached hydrogen (secondary N) is 1. The summed E-state index contributed by atoms with van der Waals surface area (Å²) < 4.78 is 33.8. The molecule has 1 unspecified atom stereocenters. The van der Waals surface area contributed by atoms with Gasteiger partial charge in [-0.05, 0) is 29.5 Å². The number of benzene rings is 3. The van der Waals surface area contributed by atoms with E-state index in [1.807, 2.05) is 36.4 Å². The molecule has 29 heavy (non-hydrogen) atoms. The van der Waals surface area contributed by atoms with E-state index in [-0.39, 0.29) is 22.1 Å². The maximum Gasteiger partial charge on any atom is 0.297 e. The molecule has 2 N–H and O–H groups in total.